The average molecular weight is 320 g/mol. The second-order valence-electron chi connectivity index (χ2n) is 4.91. The van der Waals surface area contributed by atoms with Gasteiger partial charge >= 0.3 is 5.97 Å². The van der Waals surface area contributed by atoms with Crippen molar-refractivity contribution in [3.05, 3.63) is 35.9 Å². The molecule has 0 aliphatic carbocycles. The number of hydrogen-bond acceptors (Lipinski definition) is 6. The number of H-pyrrole nitrogens is 1. The van der Waals surface area contributed by atoms with E-state index in [4.69, 9.17) is 4.74 Å². The maximum absolute atomic E-state index is 12.2. The van der Waals surface area contributed by atoms with E-state index in [1.54, 1.807) is 12.1 Å². The SMILES string of the molecule is CC(=O)N[C@@H](Cc1ccc(O)cc1)C(=O)Oc1cc(O)[nH]c1O. The van der Waals surface area contributed by atoms with Crippen LogP contribution in [0.4, 0.5) is 0 Å². The molecule has 0 saturated heterocycles. The number of benzene rings is 1. The Kier molecular flexibility index (Phi) is 4.75. The number of phenols is 1. The summed E-state index contributed by atoms with van der Waals surface area (Å²) in [5, 5.41) is 30.4. The number of phenolic OH excluding ortho intramolecular Hbond substituents is 1. The second kappa shape index (κ2) is 6.73. The Morgan fingerprint density at radius 1 is 1.22 bits per heavy atom. The lowest BCUT2D eigenvalue weighted by molar-refractivity contribution is -0.139. The molecule has 1 aromatic carbocycles. The maximum Gasteiger partial charge on any atom is 0.334 e. The van der Waals surface area contributed by atoms with Crippen molar-refractivity contribution in [2.24, 2.45) is 0 Å². The number of carbonyl (C=O) groups excluding carboxylic acids is 2. The summed E-state index contributed by atoms with van der Waals surface area (Å²) in [5.74, 6) is -2.25. The molecule has 8 heteroatoms. The molecule has 23 heavy (non-hydrogen) atoms. The fourth-order valence-corrected chi connectivity index (χ4v) is 1.98. The standard InChI is InChI=1S/C15H16N2O6/c1-8(18)16-11(6-9-2-4-10(19)5-3-9)15(22)23-12-7-13(20)17-14(12)21/h2-5,7,11,17,19-21H,6H2,1H3,(H,16,18)/t11-/m0/s1. The molecule has 0 aliphatic heterocycles. The lowest BCUT2D eigenvalue weighted by Gasteiger charge is -2.16. The number of aromatic nitrogens is 1. The predicted molar refractivity (Wildman–Crippen MR) is 79.2 cm³/mol. The highest BCUT2D eigenvalue weighted by atomic mass is 16.5. The van der Waals surface area contributed by atoms with E-state index >= 15 is 0 Å². The molecule has 1 amide bonds. The normalized spacial score (nSPS) is 11.7. The van der Waals surface area contributed by atoms with E-state index in [-0.39, 0.29) is 23.8 Å². The molecule has 0 unspecified atom stereocenters. The molecule has 2 rings (SSSR count). The van der Waals surface area contributed by atoms with Crippen LogP contribution in [0.3, 0.4) is 0 Å². The minimum Gasteiger partial charge on any atom is -0.508 e. The fourth-order valence-electron chi connectivity index (χ4n) is 1.98. The van der Waals surface area contributed by atoms with Crippen molar-refractivity contribution in [3.63, 3.8) is 0 Å². The summed E-state index contributed by atoms with van der Waals surface area (Å²) in [6, 6.07) is 6.18. The maximum atomic E-state index is 12.2. The lowest BCUT2D eigenvalue weighted by Crippen LogP contribution is -2.43. The zero-order chi connectivity index (χ0) is 17.0. The van der Waals surface area contributed by atoms with E-state index in [1.165, 1.54) is 19.1 Å². The van der Waals surface area contributed by atoms with Crippen LogP contribution in [-0.2, 0) is 16.0 Å². The highest BCUT2D eigenvalue weighted by molar-refractivity contribution is 5.85. The molecule has 0 bridgehead atoms. The van der Waals surface area contributed by atoms with E-state index in [1.807, 2.05) is 0 Å². The number of carbonyl (C=O) groups is 2. The third kappa shape index (κ3) is 4.40. The van der Waals surface area contributed by atoms with Gasteiger partial charge in [-0.2, -0.15) is 0 Å². The van der Waals surface area contributed by atoms with Gasteiger partial charge in [-0.25, -0.2) is 4.79 Å². The Morgan fingerprint density at radius 3 is 2.39 bits per heavy atom. The zero-order valence-electron chi connectivity index (χ0n) is 12.2. The van der Waals surface area contributed by atoms with E-state index < -0.39 is 23.8 Å². The zero-order valence-corrected chi connectivity index (χ0v) is 12.2. The molecule has 0 radical (unpaired) electrons. The van der Waals surface area contributed by atoms with Crippen LogP contribution in [-0.4, -0.2) is 38.2 Å². The van der Waals surface area contributed by atoms with Crippen molar-refractivity contribution >= 4 is 11.9 Å². The van der Waals surface area contributed by atoms with Gasteiger partial charge in [0.15, 0.2) is 11.6 Å². The number of rotatable bonds is 5. The van der Waals surface area contributed by atoms with E-state index in [0.29, 0.717) is 5.56 Å². The van der Waals surface area contributed by atoms with Crippen LogP contribution < -0.4 is 10.1 Å². The number of aromatic hydroxyl groups is 3. The lowest BCUT2D eigenvalue weighted by atomic mass is 10.1. The molecule has 122 valence electrons. The van der Waals surface area contributed by atoms with Gasteiger partial charge in [-0.3, -0.25) is 9.78 Å². The van der Waals surface area contributed by atoms with Gasteiger partial charge in [-0.1, -0.05) is 12.1 Å². The molecule has 8 nitrogen and oxygen atoms in total. The molecule has 1 aromatic heterocycles. The Bertz CT molecular complexity index is 707. The molecule has 0 spiro atoms. The smallest absolute Gasteiger partial charge is 0.334 e. The molecule has 2 aromatic rings. The van der Waals surface area contributed by atoms with Gasteiger partial charge in [0.1, 0.15) is 11.8 Å². The number of nitrogens with one attached hydrogen (secondary N) is 2. The summed E-state index contributed by atoms with van der Waals surface area (Å²) in [7, 11) is 0. The van der Waals surface area contributed by atoms with Crippen LogP contribution in [0.1, 0.15) is 12.5 Å². The van der Waals surface area contributed by atoms with Crippen LogP contribution in [0.2, 0.25) is 0 Å². The molecule has 1 heterocycles. The molecule has 0 fully saturated rings. The number of esters is 1. The first-order valence-electron chi connectivity index (χ1n) is 6.73. The van der Waals surface area contributed by atoms with Gasteiger partial charge in [-0.05, 0) is 17.7 Å². The monoisotopic (exact) mass is 320 g/mol. The van der Waals surface area contributed by atoms with Gasteiger partial charge in [0, 0.05) is 19.4 Å². The van der Waals surface area contributed by atoms with Gasteiger partial charge in [0.2, 0.25) is 11.8 Å². The Labute approximate surface area is 131 Å². The van der Waals surface area contributed by atoms with Crippen LogP contribution in [0, 0.1) is 0 Å². The van der Waals surface area contributed by atoms with Gasteiger partial charge < -0.3 is 25.4 Å². The third-order valence-electron chi connectivity index (χ3n) is 3.00. The predicted octanol–water partition coefficient (Wildman–Crippen LogP) is 0.784. The van der Waals surface area contributed by atoms with E-state index in [2.05, 4.69) is 10.3 Å². The van der Waals surface area contributed by atoms with Crippen molar-refractivity contribution in [1.29, 1.82) is 0 Å². The van der Waals surface area contributed by atoms with Crippen LogP contribution in [0.25, 0.3) is 0 Å². The van der Waals surface area contributed by atoms with Crippen molar-refractivity contribution in [2.75, 3.05) is 0 Å². The molecule has 0 aliphatic rings. The molecule has 5 N–H and O–H groups in total. The van der Waals surface area contributed by atoms with Crippen molar-refractivity contribution in [3.8, 4) is 23.3 Å². The second-order valence-corrected chi connectivity index (χ2v) is 4.91. The summed E-state index contributed by atoms with van der Waals surface area (Å²) in [4.78, 5) is 25.6. The molecular formula is C15H16N2O6. The summed E-state index contributed by atoms with van der Waals surface area (Å²) >= 11 is 0. The van der Waals surface area contributed by atoms with Crippen molar-refractivity contribution < 1.29 is 29.6 Å². The average Bonchev–Trinajstić information content (AvgIpc) is 2.78. The first kappa shape index (κ1) is 16.2. The minimum absolute atomic E-state index is 0.0834. The number of aromatic amines is 1. The topological polar surface area (TPSA) is 132 Å². The van der Waals surface area contributed by atoms with Crippen LogP contribution in [0.15, 0.2) is 30.3 Å². The summed E-state index contributed by atoms with van der Waals surface area (Å²) in [5.41, 5.74) is 0.694. The van der Waals surface area contributed by atoms with Crippen LogP contribution >= 0.6 is 0 Å². The molecular weight excluding hydrogens is 304 g/mol. The van der Waals surface area contributed by atoms with Crippen LogP contribution in [0.5, 0.6) is 23.3 Å². The third-order valence-corrected chi connectivity index (χ3v) is 3.00. The van der Waals surface area contributed by atoms with Gasteiger partial charge in [0.25, 0.3) is 0 Å². The first-order chi connectivity index (χ1) is 10.8. The summed E-state index contributed by atoms with van der Waals surface area (Å²) in [6.45, 7) is 1.26. The fraction of sp³-hybridized carbons (Fsp3) is 0.200. The quantitative estimate of drug-likeness (QED) is 0.517. The molecule has 1 atom stereocenters. The number of amides is 1. The van der Waals surface area contributed by atoms with Crippen molar-refractivity contribution in [2.45, 2.75) is 19.4 Å². The number of ether oxygens (including phenoxy) is 1. The Hall–Kier alpha value is -3.16. The van der Waals surface area contributed by atoms with E-state index in [0.717, 1.165) is 6.07 Å². The van der Waals surface area contributed by atoms with Gasteiger partial charge in [-0.15, -0.1) is 0 Å². The first-order valence-corrected chi connectivity index (χ1v) is 6.73. The van der Waals surface area contributed by atoms with E-state index in [9.17, 15) is 24.9 Å². The molecule has 0 saturated carbocycles. The van der Waals surface area contributed by atoms with Gasteiger partial charge in [0.05, 0.1) is 0 Å². The summed E-state index contributed by atoms with van der Waals surface area (Å²) < 4.78 is 4.98. The largest absolute Gasteiger partial charge is 0.508 e. The highest BCUT2D eigenvalue weighted by Gasteiger charge is 2.24. The Balaban J connectivity index is 2.13. The Morgan fingerprint density at radius 2 is 1.87 bits per heavy atom. The minimum atomic E-state index is -0.992. The highest BCUT2D eigenvalue weighted by Crippen LogP contribution is 2.29. The van der Waals surface area contributed by atoms with Crippen molar-refractivity contribution in [1.82, 2.24) is 10.3 Å². The summed E-state index contributed by atoms with van der Waals surface area (Å²) in [6.07, 6.45) is 0.135. The number of hydrogen-bond donors (Lipinski definition) is 5.